The van der Waals surface area contributed by atoms with Crippen molar-refractivity contribution in [3.63, 3.8) is 0 Å². The van der Waals surface area contributed by atoms with Crippen LogP contribution in [0.25, 0.3) is 11.3 Å². The Hall–Kier alpha value is -1.61. The number of rotatable bonds is 3. The zero-order chi connectivity index (χ0) is 11.5. The second-order valence-corrected chi connectivity index (χ2v) is 3.67. The summed E-state index contributed by atoms with van der Waals surface area (Å²) in [6, 6.07) is 9.33. The summed E-state index contributed by atoms with van der Waals surface area (Å²) in [5.41, 5.74) is 1.77. The zero-order valence-corrected chi connectivity index (χ0v) is 9.49. The van der Waals surface area contributed by atoms with E-state index >= 15 is 0 Å². The summed E-state index contributed by atoms with van der Waals surface area (Å²) in [7, 11) is 0. The lowest BCUT2D eigenvalue weighted by molar-refractivity contribution is 0.108. The van der Waals surface area contributed by atoms with Gasteiger partial charge in [-0.3, -0.25) is 4.79 Å². The topological polar surface area (TPSA) is 43.1 Å². The summed E-state index contributed by atoms with van der Waals surface area (Å²) in [5.74, 6) is 0.442. The van der Waals surface area contributed by atoms with Crippen molar-refractivity contribution in [1.82, 2.24) is 5.16 Å². The lowest BCUT2D eigenvalue weighted by Crippen LogP contribution is -1.95. The van der Waals surface area contributed by atoms with Gasteiger partial charge in [0.1, 0.15) is 5.56 Å². The van der Waals surface area contributed by atoms with E-state index in [0.717, 1.165) is 5.56 Å². The molecule has 0 saturated carbocycles. The fourth-order valence-electron chi connectivity index (χ4n) is 1.55. The molecule has 1 heterocycles. The molecular formula is C12H10ClNO2. The van der Waals surface area contributed by atoms with E-state index in [2.05, 4.69) is 5.16 Å². The van der Waals surface area contributed by atoms with E-state index in [4.69, 9.17) is 16.1 Å². The third kappa shape index (κ3) is 1.86. The van der Waals surface area contributed by atoms with Gasteiger partial charge < -0.3 is 4.52 Å². The van der Waals surface area contributed by atoms with Crippen LogP contribution in [0.2, 0.25) is 0 Å². The second kappa shape index (κ2) is 4.49. The van der Waals surface area contributed by atoms with Crippen LogP contribution in [0.5, 0.6) is 0 Å². The van der Waals surface area contributed by atoms with Gasteiger partial charge >= 0.3 is 0 Å². The molecule has 82 valence electrons. The molecule has 1 aromatic heterocycles. The fourth-order valence-corrected chi connectivity index (χ4v) is 1.75. The highest BCUT2D eigenvalue weighted by molar-refractivity contribution is 6.68. The first-order valence-corrected chi connectivity index (χ1v) is 5.35. The Morgan fingerprint density at radius 1 is 1.38 bits per heavy atom. The summed E-state index contributed by atoms with van der Waals surface area (Å²) in [6.07, 6.45) is 0.615. The molecular weight excluding hydrogens is 226 g/mol. The summed E-state index contributed by atoms with van der Waals surface area (Å²) >= 11 is 5.54. The predicted molar refractivity (Wildman–Crippen MR) is 61.5 cm³/mol. The molecule has 0 amide bonds. The molecule has 0 aliphatic carbocycles. The molecule has 0 spiro atoms. The molecule has 16 heavy (non-hydrogen) atoms. The van der Waals surface area contributed by atoms with Crippen molar-refractivity contribution in [3.05, 3.63) is 41.6 Å². The van der Waals surface area contributed by atoms with Crippen molar-refractivity contribution in [1.29, 1.82) is 0 Å². The minimum absolute atomic E-state index is 0.371. The smallest absolute Gasteiger partial charge is 0.258 e. The number of hydrogen-bond acceptors (Lipinski definition) is 3. The van der Waals surface area contributed by atoms with Crippen LogP contribution in [0.15, 0.2) is 34.9 Å². The van der Waals surface area contributed by atoms with Crippen LogP contribution in [0.1, 0.15) is 23.0 Å². The van der Waals surface area contributed by atoms with Gasteiger partial charge in [0.2, 0.25) is 0 Å². The number of aromatic nitrogens is 1. The van der Waals surface area contributed by atoms with Crippen LogP contribution in [0.4, 0.5) is 0 Å². The molecule has 0 N–H and O–H groups in total. The standard InChI is InChI=1S/C12H10ClNO2/c1-2-9-10(12(13)15)11(16-14-9)8-6-4-3-5-7-8/h3-7H,2H2,1H3. The van der Waals surface area contributed by atoms with Crippen molar-refractivity contribution < 1.29 is 9.32 Å². The summed E-state index contributed by atoms with van der Waals surface area (Å²) in [6.45, 7) is 1.90. The average molecular weight is 236 g/mol. The van der Waals surface area contributed by atoms with Crippen molar-refractivity contribution in [2.24, 2.45) is 0 Å². The average Bonchev–Trinajstić information content (AvgIpc) is 2.73. The van der Waals surface area contributed by atoms with Crippen LogP contribution < -0.4 is 0 Å². The second-order valence-electron chi connectivity index (χ2n) is 3.33. The quantitative estimate of drug-likeness (QED) is 0.767. The van der Waals surface area contributed by atoms with Crippen LogP contribution in [0, 0.1) is 0 Å². The normalized spacial score (nSPS) is 10.4. The highest BCUT2D eigenvalue weighted by atomic mass is 35.5. The van der Waals surface area contributed by atoms with Gasteiger partial charge in [-0.15, -0.1) is 0 Å². The maximum absolute atomic E-state index is 11.3. The minimum atomic E-state index is -0.531. The number of carbonyl (C=O) groups excluding carboxylic acids is 1. The molecule has 0 saturated heterocycles. The Labute approximate surface area is 98.0 Å². The SMILES string of the molecule is CCc1noc(-c2ccccc2)c1C(=O)Cl. The predicted octanol–water partition coefficient (Wildman–Crippen LogP) is 3.28. The Bertz CT molecular complexity index is 505. The molecule has 1 aromatic carbocycles. The molecule has 0 fully saturated rings. The minimum Gasteiger partial charge on any atom is -0.355 e. The van der Waals surface area contributed by atoms with Crippen LogP contribution >= 0.6 is 11.6 Å². The highest BCUT2D eigenvalue weighted by Gasteiger charge is 2.21. The van der Waals surface area contributed by atoms with Crippen molar-refractivity contribution in [2.75, 3.05) is 0 Å². The van der Waals surface area contributed by atoms with E-state index in [0.29, 0.717) is 23.4 Å². The Balaban J connectivity index is 2.58. The maximum Gasteiger partial charge on any atom is 0.258 e. The van der Waals surface area contributed by atoms with Gasteiger partial charge in [-0.1, -0.05) is 42.4 Å². The summed E-state index contributed by atoms with van der Waals surface area (Å²) < 4.78 is 5.18. The van der Waals surface area contributed by atoms with Crippen molar-refractivity contribution in [3.8, 4) is 11.3 Å². The highest BCUT2D eigenvalue weighted by Crippen LogP contribution is 2.27. The van der Waals surface area contributed by atoms with E-state index in [9.17, 15) is 4.79 Å². The Morgan fingerprint density at radius 2 is 2.06 bits per heavy atom. The number of benzene rings is 1. The lowest BCUT2D eigenvalue weighted by atomic mass is 10.1. The Kier molecular flexibility index (Phi) is 3.06. The van der Waals surface area contributed by atoms with E-state index < -0.39 is 5.24 Å². The van der Waals surface area contributed by atoms with Gasteiger partial charge in [0.15, 0.2) is 5.76 Å². The molecule has 4 heteroatoms. The first kappa shape index (κ1) is 10.9. The molecule has 3 nitrogen and oxygen atoms in total. The fraction of sp³-hybridized carbons (Fsp3) is 0.167. The van der Waals surface area contributed by atoms with Gasteiger partial charge in [-0.2, -0.15) is 0 Å². The van der Waals surface area contributed by atoms with Crippen LogP contribution in [-0.4, -0.2) is 10.4 Å². The number of carbonyl (C=O) groups is 1. The third-order valence-corrected chi connectivity index (χ3v) is 2.52. The lowest BCUT2D eigenvalue weighted by Gasteiger charge is -1.97. The molecule has 0 unspecified atom stereocenters. The number of aryl methyl sites for hydroxylation is 1. The van der Waals surface area contributed by atoms with Gasteiger partial charge in [0.05, 0.1) is 5.69 Å². The van der Waals surface area contributed by atoms with Gasteiger partial charge in [0.25, 0.3) is 5.24 Å². The molecule has 0 aliphatic heterocycles. The van der Waals surface area contributed by atoms with Crippen LogP contribution in [-0.2, 0) is 6.42 Å². The molecule has 0 aliphatic rings. The Morgan fingerprint density at radius 3 is 2.62 bits per heavy atom. The number of nitrogens with zero attached hydrogens (tertiary/aromatic N) is 1. The van der Waals surface area contributed by atoms with E-state index in [-0.39, 0.29) is 0 Å². The first-order valence-electron chi connectivity index (χ1n) is 4.97. The molecule has 2 rings (SSSR count). The van der Waals surface area contributed by atoms with E-state index in [1.807, 2.05) is 37.3 Å². The maximum atomic E-state index is 11.3. The zero-order valence-electron chi connectivity index (χ0n) is 8.74. The number of halogens is 1. The first-order chi connectivity index (χ1) is 7.74. The molecule has 0 atom stereocenters. The van der Waals surface area contributed by atoms with Crippen molar-refractivity contribution >= 4 is 16.8 Å². The molecule has 0 bridgehead atoms. The van der Waals surface area contributed by atoms with Gasteiger partial charge in [0, 0.05) is 5.56 Å². The van der Waals surface area contributed by atoms with Gasteiger partial charge in [-0.05, 0) is 18.0 Å². The molecule has 2 aromatic rings. The summed E-state index contributed by atoms with van der Waals surface area (Å²) in [5, 5.41) is 3.32. The summed E-state index contributed by atoms with van der Waals surface area (Å²) in [4.78, 5) is 11.3. The third-order valence-electron chi connectivity index (χ3n) is 2.33. The number of hydrogen-bond donors (Lipinski definition) is 0. The van der Waals surface area contributed by atoms with E-state index in [1.54, 1.807) is 0 Å². The monoisotopic (exact) mass is 235 g/mol. The molecule has 0 radical (unpaired) electrons. The van der Waals surface area contributed by atoms with E-state index in [1.165, 1.54) is 0 Å². The van der Waals surface area contributed by atoms with Crippen LogP contribution in [0.3, 0.4) is 0 Å². The van der Waals surface area contributed by atoms with Crippen molar-refractivity contribution in [2.45, 2.75) is 13.3 Å². The largest absolute Gasteiger partial charge is 0.355 e. The van der Waals surface area contributed by atoms with Gasteiger partial charge in [-0.25, -0.2) is 0 Å².